The van der Waals surface area contributed by atoms with Gasteiger partial charge in [0.25, 0.3) is 0 Å². The van der Waals surface area contributed by atoms with Crippen LogP contribution >= 0.6 is 11.6 Å². The van der Waals surface area contributed by atoms with Crippen molar-refractivity contribution in [1.82, 2.24) is 5.32 Å². The highest BCUT2D eigenvalue weighted by atomic mass is 35.5. The van der Waals surface area contributed by atoms with E-state index in [0.29, 0.717) is 22.8 Å². The lowest BCUT2D eigenvalue weighted by atomic mass is 10.1. The molecule has 0 bridgehead atoms. The smallest absolute Gasteiger partial charge is 0.417 e. The Balaban J connectivity index is 2.11. The number of alkyl halides is 3. The van der Waals surface area contributed by atoms with Crippen LogP contribution in [0, 0.1) is 0 Å². The third kappa shape index (κ3) is 4.92. The zero-order valence-corrected chi connectivity index (χ0v) is 16.0. The minimum atomic E-state index is -4.63. The van der Waals surface area contributed by atoms with E-state index in [1.807, 2.05) is 0 Å². The maximum Gasteiger partial charge on any atom is 0.417 e. The standard InChI is InChI=1S/C18H18ClF3N2O4/c1-26-14-7-4-10(15(27-2)16(14)28-3)9-23-17(25)24-11-5-6-13(19)12(8-11)18(20,21)22/h4-8H,9H2,1-3H3,(H2,23,24,25). The van der Waals surface area contributed by atoms with E-state index in [1.165, 1.54) is 27.4 Å². The fourth-order valence-corrected chi connectivity index (χ4v) is 2.70. The van der Waals surface area contributed by atoms with E-state index in [2.05, 4.69) is 10.6 Å². The zero-order valence-electron chi connectivity index (χ0n) is 15.2. The number of benzene rings is 2. The molecule has 152 valence electrons. The van der Waals surface area contributed by atoms with Crippen molar-refractivity contribution in [3.8, 4) is 17.2 Å². The number of amides is 2. The first-order valence-corrected chi connectivity index (χ1v) is 8.28. The number of hydrogen-bond donors (Lipinski definition) is 2. The van der Waals surface area contributed by atoms with Gasteiger partial charge in [0.05, 0.1) is 31.9 Å². The number of halogens is 4. The molecule has 0 fully saturated rings. The van der Waals surface area contributed by atoms with E-state index in [1.54, 1.807) is 12.1 Å². The highest BCUT2D eigenvalue weighted by Crippen LogP contribution is 2.39. The summed E-state index contributed by atoms with van der Waals surface area (Å²) in [5.74, 6) is 1.18. The van der Waals surface area contributed by atoms with E-state index in [9.17, 15) is 18.0 Å². The summed E-state index contributed by atoms with van der Waals surface area (Å²) in [7, 11) is 4.36. The number of nitrogens with one attached hydrogen (secondary N) is 2. The van der Waals surface area contributed by atoms with Crippen LogP contribution in [0.25, 0.3) is 0 Å². The topological polar surface area (TPSA) is 68.8 Å². The molecule has 0 radical (unpaired) electrons. The molecule has 0 aliphatic carbocycles. The monoisotopic (exact) mass is 418 g/mol. The largest absolute Gasteiger partial charge is 0.493 e. The number of hydrogen-bond acceptors (Lipinski definition) is 4. The van der Waals surface area contributed by atoms with Gasteiger partial charge in [-0.2, -0.15) is 13.2 Å². The van der Waals surface area contributed by atoms with E-state index < -0.39 is 22.8 Å². The molecule has 0 aliphatic rings. The predicted octanol–water partition coefficient (Wildman–Crippen LogP) is 4.71. The third-order valence-electron chi connectivity index (χ3n) is 3.75. The van der Waals surface area contributed by atoms with Gasteiger partial charge in [-0.3, -0.25) is 0 Å². The molecule has 2 aromatic rings. The van der Waals surface area contributed by atoms with E-state index in [-0.39, 0.29) is 12.2 Å². The third-order valence-corrected chi connectivity index (χ3v) is 4.08. The van der Waals surface area contributed by atoms with Crippen LogP contribution in [0.4, 0.5) is 23.7 Å². The number of methoxy groups -OCH3 is 3. The summed E-state index contributed by atoms with van der Waals surface area (Å²) < 4.78 is 54.5. The molecule has 28 heavy (non-hydrogen) atoms. The second-order valence-electron chi connectivity index (χ2n) is 5.49. The first-order chi connectivity index (χ1) is 13.2. The number of urea groups is 1. The van der Waals surface area contributed by atoms with E-state index in [4.69, 9.17) is 25.8 Å². The Kier molecular flexibility index (Phi) is 6.85. The molecule has 2 aromatic carbocycles. The average Bonchev–Trinajstić information content (AvgIpc) is 2.65. The molecule has 0 aliphatic heterocycles. The van der Waals surface area contributed by atoms with Gasteiger partial charge in [-0.25, -0.2) is 4.79 Å². The Bertz CT molecular complexity index is 859. The Hall–Kier alpha value is -2.81. The summed E-state index contributed by atoms with van der Waals surface area (Å²) in [6, 6.07) is 5.72. The van der Waals surface area contributed by atoms with Gasteiger partial charge in [0.2, 0.25) is 5.75 Å². The number of rotatable bonds is 6. The lowest BCUT2D eigenvalue weighted by Crippen LogP contribution is -2.28. The number of anilines is 1. The summed E-state index contributed by atoms with van der Waals surface area (Å²) in [4.78, 5) is 12.1. The molecule has 2 N–H and O–H groups in total. The summed E-state index contributed by atoms with van der Waals surface area (Å²) >= 11 is 5.56. The van der Waals surface area contributed by atoms with Crippen molar-refractivity contribution >= 4 is 23.3 Å². The molecule has 0 atom stereocenters. The maximum absolute atomic E-state index is 12.9. The van der Waals surface area contributed by atoms with Gasteiger partial charge in [0.15, 0.2) is 11.5 Å². The van der Waals surface area contributed by atoms with Crippen molar-refractivity contribution in [3.05, 3.63) is 46.5 Å². The first kappa shape index (κ1) is 21.5. The van der Waals surface area contributed by atoms with Gasteiger partial charge >= 0.3 is 12.2 Å². The SMILES string of the molecule is COc1ccc(CNC(=O)Nc2ccc(Cl)c(C(F)(F)F)c2)c(OC)c1OC. The first-order valence-electron chi connectivity index (χ1n) is 7.90. The van der Waals surface area contributed by atoms with Crippen LogP contribution in [0.5, 0.6) is 17.2 Å². The molecule has 6 nitrogen and oxygen atoms in total. The summed E-state index contributed by atoms with van der Waals surface area (Å²) in [6.45, 7) is 0.0368. The van der Waals surface area contributed by atoms with Crippen LogP contribution < -0.4 is 24.8 Å². The van der Waals surface area contributed by atoms with Crippen LogP contribution in [-0.4, -0.2) is 27.4 Å². The molecular weight excluding hydrogens is 401 g/mol. The highest BCUT2D eigenvalue weighted by Gasteiger charge is 2.33. The predicted molar refractivity (Wildman–Crippen MR) is 98.4 cm³/mol. The van der Waals surface area contributed by atoms with Crippen LogP contribution in [0.1, 0.15) is 11.1 Å². The van der Waals surface area contributed by atoms with Crippen molar-refractivity contribution in [2.45, 2.75) is 12.7 Å². The van der Waals surface area contributed by atoms with Crippen molar-refractivity contribution in [3.63, 3.8) is 0 Å². The van der Waals surface area contributed by atoms with Gasteiger partial charge < -0.3 is 24.8 Å². The molecule has 0 unspecified atom stereocenters. The quantitative estimate of drug-likeness (QED) is 0.713. The zero-order chi connectivity index (χ0) is 20.9. The number of carbonyl (C=O) groups excluding carboxylic acids is 1. The Labute approximate surface area is 164 Å². The lowest BCUT2D eigenvalue weighted by molar-refractivity contribution is -0.137. The summed E-state index contributed by atoms with van der Waals surface area (Å²) in [6.07, 6.45) is -4.63. The molecule has 2 rings (SSSR count). The van der Waals surface area contributed by atoms with Crippen LogP contribution in [0.3, 0.4) is 0 Å². The fraction of sp³-hybridized carbons (Fsp3) is 0.278. The minimum Gasteiger partial charge on any atom is -0.493 e. The average molecular weight is 419 g/mol. The second kappa shape index (κ2) is 8.92. The molecule has 0 spiro atoms. The Morgan fingerprint density at radius 3 is 2.29 bits per heavy atom. The molecular formula is C18H18ClF3N2O4. The molecule has 10 heteroatoms. The summed E-state index contributed by atoms with van der Waals surface area (Å²) in [5.41, 5.74) is -0.496. The van der Waals surface area contributed by atoms with Crippen molar-refractivity contribution in [1.29, 1.82) is 0 Å². The molecule has 0 saturated carbocycles. The maximum atomic E-state index is 12.9. The van der Waals surface area contributed by atoms with Crippen LogP contribution in [0.15, 0.2) is 30.3 Å². The van der Waals surface area contributed by atoms with Crippen LogP contribution in [0.2, 0.25) is 5.02 Å². The van der Waals surface area contributed by atoms with Crippen molar-refractivity contribution in [2.24, 2.45) is 0 Å². The van der Waals surface area contributed by atoms with Gasteiger partial charge in [-0.1, -0.05) is 11.6 Å². The minimum absolute atomic E-state index is 0.0368. The van der Waals surface area contributed by atoms with Crippen molar-refractivity contribution < 1.29 is 32.2 Å². The van der Waals surface area contributed by atoms with Gasteiger partial charge in [-0.05, 0) is 30.3 Å². The molecule has 0 saturated heterocycles. The summed E-state index contributed by atoms with van der Waals surface area (Å²) in [5, 5.41) is 4.43. The van der Waals surface area contributed by atoms with E-state index in [0.717, 1.165) is 12.1 Å². The van der Waals surface area contributed by atoms with Gasteiger partial charge in [0.1, 0.15) is 0 Å². The lowest BCUT2D eigenvalue weighted by Gasteiger charge is -2.16. The highest BCUT2D eigenvalue weighted by molar-refractivity contribution is 6.31. The Morgan fingerprint density at radius 1 is 1.04 bits per heavy atom. The fourth-order valence-electron chi connectivity index (χ4n) is 2.47. The molecule has 0 heterocycles. The van der Waals surface area contributed by atoms with Crippen molar-refractivity contribution in [2.75, 3.05) is 26.6 Å². The van der Waals surface area contributed by atoms with Gasteiger partial charge in [0, 0.05) is 17.8 Å². The number of ether oxygens (including phenoxy) is 3. The molecule has 2 amide bonds. The van der Waals surface area contributed by atoms with E-state index >= 15 is 0 Å². The van der Waals surface area contributed by atoms with Gasteiger partial charge in [-0.15, -0.1) is 0 Å². The van der Waals surface area contributed by atoms with Crippen LogP contribution in [-0.2, 0) is 12.7 Å². The molecule has 0 aromatic heterocycles. The normalized spacial score (nSPS) is 11.0. The second-order valence-corrected chi connectivity index (χ2v) is 5.90. The Morgan fingerprint density at radius 2 is 1.71 bits per heavy atom. The number of carbonyl (C=O) groups is 1.